The molecule has 3 atom stereocenters. The number of likely N-dealkylation sites (tertiary alicyclic amines) is 1. The molecule has 1 saturated heterocycles. The van der Waals surface area contributed by atoms with Crippen LogP contribution in [0.5, 0.6) is 0 Å². The van der Waals surface area contributed by atoms with Gasteiger partial charge in [0.15, 0.2) is 0 Å². The van der Waals surface area contributed by atoms with Gasteiger partial charge in [0, 0.05) is 31.4 Å². The van der Waals surface area contributed by atoms with Crippen molar-refractivity contribution in [1.82, 2.24) is 19.8 Å². The van der Waals surface area contributed by atoms with Crippen molar-refractivity contribution < 1.29 is 19.8 Å². The summed E-state index contributed by atoms with van der Waals surface area (Å²) in [4.78, 5) is 29.0. The molecule has 2 amide bonds. The van der Waals surface area contributed by atoms with Crippen LogP contribution in [0.2, 0.25) is 0 Å². The number of aromatic nitrogens is 2. The van der Waals surface area contributed by atoms with Crippen LogP contribution in [0, 0.1) is 0 Å². The Kier molecular flexibility index (Phi) is 4.94. The molecule has 2 aromatic rings. The molecule has 3 rings (SSSR count). The molecule has 0 saturated carbocycles. The molecule has 8 heteroatoms. The lowest BCUT2D eigenvalue weighted by Crippen LogP contribution is -2.46. The molecule has 3 N–H and O–H groups in total. The predicted molar refractivity (Wildman–Crippen MR) is 94.3 cm³/mol. The molecule has 0 aliphatic carbocycles. The van der Waals surface area contributed by atoms with E-state index in [1.165, 1.54) is 0 Å². The number of nitrogens with zero attached hydrogens (tertiary/aromatic N) is 3. The van der Waals surface area contributed by atoms with Gasteiger partial charge in [-0.3, -0.25) is 9.69 Å². The SMILES string of the molecule is CC(NC(=O)[C@@H]1C[C@@H](O)CN1C(=O)O)c1ccc(-c2nccn2C)cc1. The van der Waals surface area contributed by atoms with Crippen molar-refractivity contribution in [1.29, 1.82) is 0 Å². The third kappa shape index (κ3) is 3.55. The second-order valence-electron chi connectivity index (χ2n) is 6.55. The summed E-state index contributed by atoms with van der Waals surface area (Å²) < 4.78 is 1.92. The molecule has 0 radical (unpaired) electrons. The van der Waals surface area contributed by atoms with Gasteiger partial charge in [-0.25, -0.2) is 9.78 Å². The topological polar surface area (TPSA) is 108 Å². The average Bonchev–Trinajstić information content (AvgIpc) is 3.20. The molecule has 1 unspecified atom stereocenters. The Morgan fingerprint density at radius 2 is 2.00 bits per heavy atom. The molecule has 0 bridgehead atoms. The van der Waals surface area contributed by atoms with Crippen molar-refractivity contribution in [2.75, 3.05) is 6.54 Å². The van der Waals surface area contributed by atoms with Gasteiger partial charge in [0.1, 0.15) is 11.9 Å². The minimum absolute atomic E-state index is 0.0415. The standard InChI is InChI=1S/C18H22N4O4/c1-11(20-17(24)15-9-14(23)10-22(15)18(25)26)12-3-5-13(6-4-12)16-19-7-8-21(16)2/h3-8,11,14-15,23H,9-10H2,1-2H3,(H,20,24)(H,25,26)/t11?,14-,15+/m1/s1. The Balaban J connectivity index is 1.68. The summed E-state index contributed by atoms with van der Waals surface area (Å²) >= 11 is 0. The maximum atomic E-state index is 12.4. The van der Waals surface area contributed by atoms with E-state index in [4.69, 9.17) is 0 Å². The molecular weight excluding hydrogens is 336 g/mol. The Bertz CT molecular complexity index is 802. The summed E-state index contributed by atoms with van der Waals surface area (Å²) in [6, 6.07) is 6.54. The van der Waals surface area contributed by atoms with Crippen LogP contribution < -0.4 is 5.32 Å². The lowest BCUT2D eigenvalue weighted by atomic mass is 10.0. The van der Waals surface area contributed by atoms with Gasteiger partial charge in [0.05, 0.1) is 18.7 Å². The lowest BCUT2D eigenvalue weighted by molar-refractivity contribution is -0.125. The fraction of sp³-hybridized carbons (Fsp3) is 0.389. The van der Waals surface area contributed by atoms with E-state index in [2.05, 4.69) is 10.3 Å². The summed E-state index contributed by atoms with van der Waals surface area (Å²) in [5.41, 5.74) is 1.87. The zero-order chi connectivity index (χ0) is 18.8. The molecular formula is C18H22N4O4. The zero-order valence-electron chi connectivity index (χ0n) is 14.7. The van der Waals surface area contributed by atoms with Crippen molar-refractivity contribution in [3.05, 3.63) is 42.2 Å². The largest absolute Gasteiger partial charge is 0.465 e. The van der Waals surface area contributed by atoms with Gasteiger partial charge in [0.2, 0.25) is 5.91 Å². The number of imidazole rings is 1. The molecule has 138 valence electrons. The lowest BCUT2D eigenvalue weighted by Gasteiger charge is -2.23. The molecule has 1 aromatic carbocycles. The van der Waals surface area contributed by atoms with E-state index in [0.29, 0.717) is 0 Å². The van der Waals surface area contributed by atoms with Crippen LogP contribution in [0.3, 0.4) is 0 Å². The van der Waals surface area contributed by atoms with E-state index in [0.717, 1.165) is 21.9 Å². The fourth-order valence-corrected chi connectivity index (χ4v) is 3.23. The monoisotopic (exact) mass is 358 g/mol. The summed E-state index contributed by atoms with van der Waals surface area (Å²) in [6.45, 7) is 1.80. The summed E-state index contributed by atoms with van der Waals surface area (Å²) in [7, 11) is 1.92. The smallest absolute Gasteiger partial charge is 0.408 e. The zero-order valence-corrected chi connectivity index (χ0v) is 14.7. The van der Waals surface area contributed by atoms with Crippen LogP contribution in [0.4, 0.5) is 4.79 Å². The van der Waals surface area contributed by atoms with Gasteiger partial charge in [-0.05, 0) is 12.5 Å². The van der Waals surface area contributed by atoms with Crippen LogP contribution in [-0.2, 0) is 11.8 Å². The number of hydrogen-bond acceptors (Lipinski definition) is 4. The van der Waals surface area contributed by atoms with Gasteiger partial charge >= 0.3 is 6.09 Å². The van der Waals surface area contributed by atoms with E-state index in [-0.39, 0.29) is 19.0 Å². The van der Waals surface area contributed by atoms with Gasteiger partial charge < -0.3 is 20.1 Å². The molecule has 2 heterocycles. The van der Waals surface area contributed by atoms with E-state index in [1.807, 2.05) is 49.0 Å². The molecule has 8 nitrogen and oxygen atoms in total. The van der Waals surface area contributed by atoms with Crippen LogP contribution in [0.15, 0.2) is 36.7 Å². The van der Waals surface area contributed by atoms with Gasteiger partial charge in [-0.2, -0.15) is 0 Å². The first-order chi connectivity index (χ1) is 12.4. The number of carbonyl (C=O) groups is 2. The number of rotatable bonds is 4. The second-order valence-corrected chi connectivity index (χ2v) is 6.55. The maximum Gasteiger partial charge on any atom is 0.408 e. The van der Waals surface area contributed by atoms with Gasteiger partial charge in [0.25, 0.3) is 0 Å². The summed E-state index contributed by atoms with van der Waals surface area (Å²) in [5.74, 6) is 0.454. The summed E-state index contributed by atoms with van der Waals surface area (Å²) in [6.07, 6.45) is 1.71. The number of β-amino-alcohol motifs (C(OH)–C–C–N with tert-alkyl or cyclic N) is 1. The van der Waals surface area contributed by atoms with E-state index < -0.39 is 24.1 Å². The van der Waals surface area contributed by atoms with Crippen molar-refractivity contribution >= 4 is 12.0 Å². The Morgan fingerprint density at radius 1 is 1.31 bits per heavy atom. The van der Waals surface area contributed by atoms with Crippen molar-refractivity contribution in [3.8, 4) is 11.4 Å². The first kappa shape index (κ1) is 17.9. The molecule has 1 fully saturated rings. The number of carbonyl (C=O) groups excluding carboxylic acids is 1. The van der Waals surface area contributed by atoms with Gasteiger partial charge in [-0.1, -0.05) is 24.3 Å². The third-order valence-electron chi connectivity index (χ3n) is 4.68. The van der Waals surface area contributed by atoms with Crippen LogP contribution in [0.1, 0.15) is 24.9 Å². The number of aliphatic hydroxyl groups excluding tert-OH is 1. The maximum absolute atomic E-state index is 12.4. The molecule has 1 aliphatic heterocycles. The van der Waals surface area contributed by atoms with Crippen LogP contribution >= 0.6 is 0 Å². The third-order valence-corrected chi connectivity index (χ3v) is 4.68. The minimum atomic E-state index is -1.20. The van der Waals surface area contributed by atoms with Crippen LogP contribution in [0.25, 0.3) is 11.4 Å². The quantitative estimate of drug-likeness (QED) is 0.765. The Hall–Kier alpha value is -2.87. The normalized spacial score (nSPS) is 20.8. The van der Waals surface area contributed by atoms with Gasteiger partial charge in [-0.15, -0.1) is 0 Å². The molecule has 0 spiro atoms. The van der Waals surface area contributed by atoms with Crippen molar-refractivity contribution in [2.45, 2.75) is 31.5 Å². The first-order valence-electron chi connectivity index (χ1n) is 8.42. The number of hydrogen-bond donors (Lipinski definition) is 3. The van der Waals surface area contributed by atoms with E-state index in [1.54, 1.807) is 6.20 Å². The molecule has 1 aliphatic rings. The van der Waals surface area contributed by atoms with Crippen molar-refractivity contribution in [2.24, 2.45) is 7.05 Å². The predicted octanol–water partition coefficient (Wildman–Crippen LogP) is 1.38. The number of aliphatic hydroxyl groups is 1. The molecule has 1 aromatic heterocycles. The Labute approximate surface area is 151 Å². The number of amides is 2. The number of benzene rings is 1. The highest BCUT2D eigenvalue weighted by Gasteiger charge is 2.39. The number of aryl methyl sites for hydroxylation is 1. The van der Waals surface area contributed by atoms with E-state index >= 15 is 0 Å². The molecule has 26 heavy (non-hydrogen) atoms. The second kappa shape index (κ2) is 7.17. The highest BCUT2D eigenvalue weighted by molar-refractivity contribution is 5.86. The van der Waals surface area contributed by atoms with E-state index in [9.17, 15) is 19.8 Å². The Morgan fingerprint density at radius 3 is 2.58 bits per heavy atom. The van der Waals surface area contributed by atoms with Crippen molar-refractivity contribution in [3.63, 3.8) is 0 Å². The summed E-state index contributed by atoms with van der Waals surface area (Å²) in [5, 5.41) is 21.7. The first-order valence-corrected chi connectivity index (χ1v) is 8.42. The average molecular weight is 358 g/mol. The number of nitrogens with one attached hydrogen (secondary N) is 1. The highest BCUT2D eigenvalue weighted by Crippen LogP contribution is 2.22. The number of carboxylic acid groups (broad SMARTS) is 1. The minimum Gasteiger partial charge on any atom is -0.465 e. The highest BCUT2D eigenvalue weighted by atomic mass is 16.4. The van der Waals surface area contributed by atoms with Crippen LogP contribution in [-0.4, -0.2) is 55.4 Å². The fourth-order valence-electron chi connectivity index (χ4n) is 3.23.